The number of ether oxygens (including phenoxy) is 2. The molecule has 0 unspecified atom stereocenters. The van der Waals surface area contributed by atoms with Crippen LogP contribution in [-0.4, -0.2) is 104 Å². The first-order chi connectivity index (χ1) is 20.2. The number of hydrogen-bond acceptors (Lipinski definition) is 6. The van der Waals surface area contributed by atoms with E-state index in [4.69, 9.17) is 21.1 Å². The maximum atomic E-state index is 13.6. The summed E-state index contributed by atoms with van der Waals surface area (Å²) >= 11 is 5.94. The van der Waals surface area contributed by atoms with Crippen molar-refractivity contribution >= 4 is 42.3 Å². The maximum absolute atomic E-state index is 13.6. The van der Waals surface area contributed by atoms with Crippen molar-refractivity contribution < 1.29 is 45.7 Å². The Hall–Kier alpha value is -2.00. The molecule has 2 aliphatic heterocycles. The van der Waals surface area contributed by atoms with Gasteiger partial charge in [0.25, 0.3) is 5.91 Å². The zero-order chi connectivity index (χ0) is 31.5. The first kappa shape index (κ1) is 39.2. The number of likely N-dealkylation sites (tertiary alicyclic amines) is 1. The van der Waals surface area contributed by atoms with Crippen LogP contribution >= 0.6 is 36.4 Å². The van der Waals surface area contributed by atoms with Gasteiger partial charge in [0.2, 0.25) is 0 Å². The van der Waals surface area contributed by atoms with Crippen molar-refractivity contribution in [2.75, 3.05) is 60.1 Å². The number of nitrogens with zero attached hydrogens (tertiary/aromatic N) is 3. The molecule has 254 valence electrons. The van der Waals surface area contributed by atoms with E-state index in [9.17, 15) is 36.2 Å². The van der Waals surface area contributed by atoms with Crippen molar-refractivity contribution in [3.8, 4) is 5.75 Å². The summed E-state index contributed by atoms with van der Waals surface area (Å²) in [5, 5.41) is 10.2. The summed E-state index contributed by atoms with van der Waals surface area (Å²) in [5.74, 6) is -1.11. The van der Waals surface area contributed by atoms with E-state index in [0.29, 0.717) is 50.5 Å². The standard InChI is InChI=1S/C29H34ClF6N3O4.2ClH/c1-42-17-23-14-24(43-2)16-38(23)7-5-37-6-8-39(22(15-37)9-18-3-4-25(30)26(40)10-18)27(41)19-11-20(28(31,32)33)13-21(12-19)29(34,35)36;;/h3-4,10-13,22-24,40H,5-9,14-17H2,1-2H3;2*1H/t22-,23+,24-;;/m1../s1. The quantitative estimate of drug-likeness (QED) is 0.321. The number of carbonyl (C=O) groups is 1. The SMILES string of the molecule is COC[C@@H]1C[C@@H](OC)CN1CCN1CCN(C(=O)c2cc(C(F)(F)F)cc(C(F)(F)F)c2)[C@H](Cc2ccc(Cl)c(O)c2)C1.Cl.Cl. The number of halogens is 9. The van der Waals surface area contributed by atoms with Crippen LogP contribution in [0.3, 0.4) is 0 Å². The average molecular weight is 711 g/mol. The van der Waals surface area contributed by atoms with Crippen molar-refractivity contribution in [2.45, 2.75) is 43.4 Å². The number of methoxy groups -OCH3 is 2. The molecule has 7 nitrogen and oxygen atoms in total. The minimum atomic E-state index is -5.08. The zero-order valence-electron chi connectivity index (χ0n) is 24.5. The van der Waals surface area contributed by atoms with Gasteiger partial charge in [0.15, 0.2) is 0 Å². The molecule has 0 radical (unpaired) electrons. The molecule has 2 fully saturated rings. The van der Waals surface area contributed by atoms with Crippen molar-refractivity contribution in [1.29, 1.82) is 0 Å². The molecule has 0 saturated carbocycles. The number of alkyl halides is 6. The Morgan fingerprint density at radius 3 is 2.13 bits per heavy atom. The summed E-state index contributed by atoms with van der Waals surface area (Å²) in [5.41, 5.74) is -3.18. The van der Waals surface area contributed by atoms with E-state index in [1.807, 2.05) is 0 Å². The summed E-state index contributed by atoms with van der Waals surface area (Å²) in [4.78, 5) is 19.3. The average Bonchev–Trinajstić information content (AvgIpc) is 3.34. The number of piperazine rings is 1. The van der Waals surface area contributed by atoms with Gasteiger partial charge in [-0.1, -0.05) is 17.7 Å². The number of carbonyl (C=O) groups excluding carboxylic acids is 1. The largest absolute Gasteiger partial charge is 0.506 e. The van der Waals surface area contributed by atoms with Crippen LogP contribution in [0, 0.1) is 0 Å². The number of benzene rings is 2. The second-order valence-corrected chi connectivity index (χ2v) is 11.3. The van der Waals surface area contributed by atoms with Gasteiger partial charge in [0, 0.05) is 71.1 Å². The van der Waals surface area contributed by atoms with Crippen LogP contribution in [0.2, 0.25) is 5.02 Å². The Bertz CT molecular complexity index is 1250. The first-order valence-electron chi connectivity index (χ1n) is 13.8. The van der Waals surface area contributed by atoms with Gasteiger partial charge in [0.05, 0.1) is 28.9 Å². The molecular formula is C29H36Cl3F6N3O4. The number of aromatic hydroxyl groups is 1. The van der Waals surface area contributed by atoms with E-state index in [1.54, 1.807) is 20.3 Å². The summed E-state index contributed by atoms with van der Waals surface area (Å²) in [6, 6.07) is 5.07. The molecular weight excluding hydrogens is 675 g/mol. The van der Waals surface area contributed by atoms with Crippen molar-refractivity contribution in [3.05, 3.63) is 63.7 Å². The Morgan fingerprint density at radius 1 is 0.933 bits per heavy atom. The molecule has 0 spiro atoms. The summed E-state index contributed by atoms with van der Waals surface area (Å²) in [7, 11) is 3.30. The van der Waals surface area contributed by atoms with Gasteiger partial charge in [-0.15, -0.1) is 24.8 Å². The highest BCUT2D eigenvalue weighted by atomic mass is 35.5. The third-order valence-corrected chi connectivity index (χ3v) is 8.35. The molecule has 2 aromatic carbocycles. The fraction of sp³-hybridized carbons (Fsp3) is 0.552. The molecule has 2 heterocycles. The normalized spacial score (nSPS) is 21.4. The third kappa shape index (κ3) is 9.99. The second-order valence-electron chi connectivity index (χ2n) is 10.9. The Kier molecular flexibility index (Phi) is 14.1. The molecule has 2 saturated heterocycles. The van der Waals surface area contributed by atoms with Gasteiger partial charge in [-0.3, -0.25) is 14.6 Å². The monoisotopic (exact) mass is 709 g/mol. The lowest BCUT2D eigenvalue weighted by atomic mass is 9.99. The van der Waals surface area contributed by atoms with Crippen LogP contribution < -0.4 is 0 Å². The lowest BCUT2D eigenvalue weighted by Gasteiger charge is -2.42. The van der Waals surface area contributed by atoms with E-state index in [1.165, 1.54) is 17.0 Å². The van der Waals surface area contributed by atoms with Gasteiger partial charge in [-0.2, -0.15) is 26.3 Å². The highest BCUT2D eigenvalue weighted by Crippen LogP contribution is 2.37. The summed E-state index contributed by atoms with van der Waals surface area (Å²) in [6.45, 7) is 3.34. The maximum Gasteiger partial charge on any atom is 0.416 e. The van der Waals surface area contributed by atoms with Gasteiger partial charge >= 0.3 is 12.4 Å². The molecule has 0 aliphatic carbocycles. The predicted octanol–water partition coefficient (Wildman–Crippen LogP) is 6.03. The summed E-state index contributed by atoms with van der Waals surface area (Å²) < 4.78 is 91.9. The molecule has 1 N–H and O–H groups in total. The van der Waals surface area contributed by atoms with Gasteiger partial charge in [-0.05, 0) is 48.7 Å². The third-order valence-electron chi connectivity index (χ3n) is 8.03. The van der Waals surface area contributed by atoms with Crippen LogP contribution in [-0.2, 0) is 28.2 Å². The molecule has 2 aromatic rings. The van der Waals surface area contributed by atoms with Gasteiger partial charge in [0.1, 0.15) is 5.75 Å². The lowest BCUT2D eigenvalue weighted by molar-refractivity contribution is -0.143. The first-order valence-corrected chi connectivity index (χ1v) is 14.1. The van der Waals surface area contributed by atoms with Crippen molar-refractivity contribution in [2.24, 2.45) is 0 Å². The van der Waals surface area contributed by atoms with Crippen LogP contribution in [0.25, 0.3) is 0 Å². The topological polar surface area (TPSA) is 65.5 Å². The predicted molar refractivity (Wildman–Crippen MR) is 162 cm³/mol. The van der Waals surface area contributed by atoms with Crippen molar-refractivity contribution in [1.82, 2.24) is 14.7 Å². The Balaban J connectivity index is 0.00000353. The van der Waals surface area contributed by atoms with Crippen LogP contribution in [0.1, 0.15) is 33.5 Å². The number of phenols is 1. The van der Waals surface area contributed by atoms with Crippen LogP contribution in [0.15, 0.2) is 36.4 Å². The van der Waals surface area contributed by atoms with Crippen LogP contribution in [0.5, 0.6) is 5.75 Å². The number of rotatable bonds is 9. The second kappa shape index (κ2) is 16.2. The molecule has 16 heteroatoms. The Labute approximate surface area is 275 Å². The number of phenolic OH excluding ortho intramolecular Hbond substituents is 1. The fourth-order valence-electron chi connectivity index (χ4n) is 5.78. The molecule has 45 heavy (non-hydrogen) atoms. The van der Waals surface area contributed by atoms with E-state index in [2.05, 4.69) is 9.80 Å². The fourth-order valence-corrected chi connectivity index (χ4v) is 5.90. The molecule has 1 amide bonds. The van der Waals surface area contributed by atoms with E-state index in [0.717, 1.165) is 13.0 Å². The highest BCUT2D eigenvalue weighted by Gasteiger charge is 2.39. The number of amides is 1. The minimum absolute atomic E-state index is 0. The minimum Gasteiger partial charge on any atom is -0.506 e. The molecule has 0 aromatic heterocycles. The lowest BCUT2D eigenvalue weighted by Crippen LogP contribution is -2.57. The van der Waals surface area contributed by atoms with Crippen molar-refractivity contribution in [3.63, 3.8) is 0 Å². The van der Waals surface area contributed by atoms with E-state index < -0.39 is 41.0 Å². The highest BCUT2D eigenvalue weighted by molar-refractivity contribution is 6.32. The van der Waals surface area contributed by atoms with E-state index in [-0.39, 0.29) is 66.8 Å². The number of hydrogen-bond donors (Lipinski definition) is 1. The molecule has 3 atom stereocenters. The molecule has 4 rings (SSSR count). The molecule has 0 bridgehead atoms. The van der Waals surface area contributed by atoms with E-state index >= 15 is 0 Å². The smallest absolute Gasteiger partial charge is 0.416 e. The van der Waals surface area contributed by atoms with Gasteiger partial charge < -0.3 is 19.5 Å². The zero-order valence-corrected chi connectivity index (χ0v) is 26.9. The van der Waals surface area contributed by atoms with Crippen LogP contribution in [0.4, 0.5) is 26.3 Å². The molecule has 2 aliphatic rings. The van der Waals surface area contributed by atoms with Gasteiger partial charge in [-0.25, -0.2) is 0 Å². The Morgan fingerprint density at radius 2 is 1.58 bits per heavy atom. The summed E-state index contributed by atoms with van der Waals surface area (Å²) in [6.07, 6.45) is -9.05.